The van der Waals surface area contributed by atoms with Crippen molar-refractivity contribution in [3.63, 3.8) is 0 Å². The van der Waals surface area contributed by atoms with Crippen molar-refractivity contribution in [2.45, 2.75) is 34.1 Å². The highest BCUT2D eigenvalue weighted by atomic mass is 15.0. The predicted octanol–water partition coefficient (Wildman–Crippen LogP) is 3.21. The fourth-order valence-electron chi connectivity index (χ4n) is 1.94. The van der Waals surface area contributed by atoms with E-state index < -0.39 is 0 Å². The third-order valence-corrected chi connectivity index (χ3v) is 3.38. The third-order valence-electron chi connectivity index (χ3n) is 3.38. The Kier molecular flexibility index (Phi) is 3.32. The van der Waals surface area contributed by atoms with Crippen molar-refractivity contribution in [2.24, 2.45) is 0 Å². The number of aryl methyl sites for hydroxylation is 3. The molecule has 0 bridgehead atoms. The van der Waals surface area contributed by atoms with Crippen LogP contribution < -0.4 is 5.73 Å². The van der Waals surface area contributed by atoms with Crippen LogP contribution in [0.15, 0.2) is 18.2 Å². The molecule has 94 valence electrons. The molecule has 0 saturated heterocycles. The lowest BCUT2D eigenvalue weighted by molar-refractivity contribution is 0.982. The monoisotopic (exact) mass is 241 g/mol. The van der Waals surface area contributed by atoms with Crippen LogP contribution in [0.25, 0.3) is 11.4 Å². The van der Waals surface area contributed by atoms with E-state index in [-0.39, 0.29) is 0 Å². The molecule has 2 N–H and O–H groups in total. The second-order valence-electron chi connectivity index (χ2n) is 4.66. The molecule has 1 aromatic carbocycles. The van der Waals surface area contributed by atoms with Gasteiger partial charge in [0, 0.05) is 16.8 Å². The number of nitrogens with zero attached hydrogens (tertiary/aromatic N) is 2. The average Bonchev–Trinajstić information content (AvgIpc) is 2.36. The smallest absolute Gasteiger partial charge is 0.161 e. The number of anilines is 1. The highest BCUT2D eigenvalue weighted by Crippen LogP contribution is 2.22. The van der Waals surface area contributed by atoms with Gasteiger partial charge in [0.05, 0.1) is 0 Å². The molecule has 0 aliphatic carbocycles. The first-order valence-electron chi connectivity index (χ1n) is 6.23. The predicted molar refractivity (Wildman–Crippen MR) is 75.5 cm³/mol. The zero-order valence-corrected chi connectivity index (χ0v) is 11.4. The van der Waals surface area contributed by atoms with Crippen LogP contribution >= 0.6 is 0 Å². The Bertz CT molecular complexity index is 589. The maximum absolute atomic E-state index is 5.95. The summed E-state index contributed by atoms with van der Waals surface area (Å²) in [6.45, 7) is 8.25. The molecular weight excluding hydrogens is 222 g/mol. The Morgan fingerprint density at radius 2 is 1.78 bits per heavy atom. The van der Waals surface area contributed by atoms with Crippen molar-refractivity contribution in [3.05, 3.63) is 40.6 Å². The van der Waals surface area contributed by atoms with E-state index >= 15 is 0 Å². The number of hydrogen-bond acceptors (Lipinski definition) is 3. The largest absolute Gasteiger partial charge is 0.383 e. The fourth-order valence-corrected chi connectivity index (χ4v) is 1.94. The first kappa shape index (κ1) is 12.6. The molecule has 0 fully saturated rings. The Morgan fingerprint density at radius 1 is 1.06 bits per heavy atom. The van der Waals surface area contributed by atoms with Gasteiger partial charge in [0.25, 0.3) is 0 Å². The van der Waals surface area contributed by atoms with Crippen molar-refractivity contribution < 1.29 is 0 Å². The molecule has 0 radical (unpaired) electrons. The summed E-state index contributed by atoms with van der Waals surface area (Å²) < 4.78 is 0. The van der Waals surface area contributed by atoms with Crippen LogP contribution in [0.4, 0.5) is 5.82 Å². The minimum absolute atomic E-state index is 0.579. The van der Waals surface area contributed by atoms with E-state index in [4.69, 9.17) is 5.73 Å². The Morgan fingerprint density at radius 3 is 2.39 bits per heavy atom. The van der Waals surface area contributed by atoms with E-state index in [1.165, 1.54) is 11.1 Å². The van der Waals surface area contributed by atoms with Crippen molar-refractivity contribution in [1.29, 1.82) is 0 Å². The molecule has 18 heavy (non-hydrogen) atoms. The summed E-state index contributed by atoms with van der Waals surface area (Å²) >= 11 is 0. The van der Waals surface area contributed by atoms with Gasteiger partial charge >= 0.3 is 0 Å². The van der Waals surface area contributed by atoms with E-state index in [0.29, 0.717) is 5.82 Å². The molecule has 0 unspecified atom stereocenters. The van der Waals surface area contributed by atoms with Crippen LogP contribution in [0.1, 0.15) is 29.3 Å². The molecule has 0 aliphatic rings. The normalized spacial score (nSPS) is 10.7. The maximum atomic E-state index is 5.95. The molecule has 0 aliphatic heterocycles. The summed E-state index contributed by atoms with van der Waals surface area (Å²) in [4.78, 5) is 8.99. The van der Waals surface area contributed by atoms with Gasteiger partial charge in [0.1, 0.15) is 5.82 Å². The minimum Gasteiger partial charge on any atom is -0.383 e. The molecule has 0 spiro atoms. The zero-order chi connectivity index (χ0) is 13.3. The van der Waals surface area contributed by atoms with Crippen LogP contribution in [-0.2, 0) is 6.42 Å². The van der Waals surface area contributed by atoms with E-state index in [9.17, 15) is 0 Å². The summed E-state index contributed by atoms with van der Waals surface area (Å²) in [6.07, 6.45) is 0.871. The first-order chi connectivity index (χ1) is 8.52. The lowest BCUT2D eigenvalue weighted by atomic mass is 10.1. The number of rotatable bonds is 2. The highest BCUT2D eigenvalue weighted by molar-refractivity contribution is 5.60. The zero-order valence-electron chi connectivity index (χ0n) is 11.4. The molecular formula is C15H19N3. The second kappa shape index (κ2) is 4.77. The first-order valence-corrected chi connectivity index (χ1v) is 6.23. The van der Waals surface area contributed by atoms with Gasteiger partial charge in [0.2, 0.25) is 0 Å². The van der Waals surface area contributed by atoms with E-state index in [1.807, 2.05) is 13.0 Å². The molecule has 3 heteroatoms. The van der Waals surface area contributed by atoms with Crippen LogP contribution in [0, 0.1) is 20.8 Å². The number of hydrogen-bond donors (Lipinski definition) is 1. The number of nitrogens with two attached hydrogens (primary N) is 1. The summed E-state index contributed by atoms with van der Waals surface area (Å²) in [5.74, 6) is 1.30. The maximum Gasteiger partial charge on any atom is 0.161 e. The lowest BCUT2D eigenvalue weighted by Gasteiger charge is -2.09. The van der Waals surface area contributed by atoms with Crippen molar-refractivity contribution in [2.75, 3.05) is 5.73 Å². The van der Waals surface area contributed by atoms with Crippen molar-refractivity contribution in [1.82, 2.24) is 9.97 Å². The third kappa shape index (κ3) is 2.21. The SMILES string of the molecule is CCc1nc(-c2ccc(C)c(C)c2)nc(N)c1C. The lowest BCUT2D eigenvalue weighted by Crippen LogP contribution is -2.04. The molecule has 0 amide bonds. The van der Waals surface area contributed by atoms with Gasteiger partial charge in [-0.25, -0.2) is 9.97 Å². The van der Waals surface area contributed by atoms with Crippen LogP contribution in [0.5, 0.6) is 0 Å². The summed E-state index contributed by atoms with van der Waals surface area (Å²) in [5.41, 5.74) is 11.5. The van der Waals surface area contributed by atoms with Gasteiger partial charge in [-0.1, -0.05) is 19.1 Å². The quantitative estimate of drug-likeness (QED) is 0.878. The topological polar surface area (TPSA) is 51.8 Å². The van der Waals surface area contributed by atoms with Gasteiger partial charge in [0.15, 0.2) is 5.82 Å². The minimum atomic E-state index is 0.579. The average molecular weight is 241 g/mol. The summed E-state index contributed by atoms with van der Waals surface area (Å²) in [6, 6.07) is 6.25. The Hall–Kier alpha value is -1.90. The molecule has 2 aromatic rings. The number of aromatic nitrogens is 2. The van der Waals surface area contributed by atoms with E-state index in [0.717, 1.165) is 29.1 Å². The van der Waals surface area contributed by atoms with Gasteiger partial charge in [-0.05, 0) is 44.4 Å². The van der Waals surface area contributed by atoms with Crippen molar-refractivity contribution >= 4 is 5.82 Å². The molecule has 1 heterocycles. The molecule has 3 nitrogen and oxygen atoms in total. The number of benzene rings is 1. The molecule has 0 saturated carbocycles. The molecule has 0 atom stereocenters. The second-order valence-corrected chi connectivity index (χ2v) is 4.66. The van der Waals surface area contributed by atoms with Crippen LogP contribution in [0.3, 0.4) is 0 Å². The Labute approximate surface area is 108 Å². The summed E-state index contributed by atoms with van der Waals surface area (Å²) in [5, 5.41) is 0. The van der Waals surface area contributed by atoms with Crippen molar-refractivity contribution in [3.8, 4) is 11.4 Å². The molecule has 1 aromatic heterocycles. The highest BCUT2D eigenvalue weighted by Gasteiger charge is 2.09. The Balaban J connectivity index is 2.57. The van der Waals surface area contributed by atoms with E-state index in [2.05, 4.69) is 42.9 Å². The molecule has 2 rings (SSSR count). The fraction of sp³-hybridized carbons (Fsp3) is 0.333. The number of nitrogen functional groups attached to an aromatic ring is 1. The van der Waals surface area contributed by atoms with Crippen LogP contribution in [0.2, 0.25) is 0 Å². The van der Waals surface area contributed by atoms with Gasteiger partial charge in [-0.2, -0.15) is 0 Å². The van der Waals surface area contributed by atoms with Gasteiger partial charge < -0.3 is 5.73 Å². The van der Waals surface area contributed by atoms with Crippen LogP contribution in [-0.4, -0.2) is 9.97 Å². The van der Waals surface area contributed by atoms with Gasteiger partial charge in [-0.15, -0.1) is 0 Å². The standard InChI is InChI=1S/C15H19N3/c1-5-13-11(4)14(16)18-15(17-13)12-7-6-9(2)10(3)8-12/h6-8H,5H2,1-4H3,(H2,16,17,18). The summed E-state index contributed by atoms with van der Waals surface area (Å²) in [7, 11) is 0. The van der Waals surface area contributed by atoms with Gasteiger partial charge in [-0.3, -0.25) is 0 Å². The van der Waals surface area contributed by atoms with E-state index in [1.54, 1.807) is 0 Å².